The first-order valence-electron chi connectivity index (χ1n) is 6.55. The molecule has 0 aliphatic heterocycles. The van der Waals surface area contributed by atoms with Gasteiger partial charge in [0.1, 0.15) is 5.82 Å². The van der Waals surface area contributed by atoms with Gasteiger partial charge in [0, 0.05) is 18.8 Å². The van der Waals surface area contributed by atoms with Crippen molar-refractivity contribution in [3.05, 3.63) is 10.7 Å². The van der Waals surface area contributed by atoms with E-state index in [1.807, 2.05) is 6.92 Å². The number of halogens is 1. The zero-order valence-electron chi connectivity index (χ0n) is 11.6. The van der Waals surface area contributed by atoms with Crippen LogP contribution in [0.1, 0.15) is 40.5 Å². The van der Waals surface area contributed by atoms with E-state index < -0.39 is 0 Å². The van der Waals surface area contributed by atoms with Crippen LogP contribution in [0.4, 0.5) is 11.8 Å². The lowest BCUT2D eigenvalue weighted by Crippen LogP contribution is -2.18. The van der Waals surface area contributed by atoms with Crippen molar-refractivity contribution in [3.63, 3.8) is 0 Å². The van der Waals surface area contributed by atoms with Crippen molar-refractivity contribution in [1.82, 2.24) is 9.97 Å². The van der Waals surface area contributed by atoms with Gasteiger partial charge in [-0.2, -0.15) is 4.98 Å². The predicted molar refractivity (Wildman–Crippen MR) is 81.1 cm³/mol. The number of aromatic nitrogens is 2. The molecule has 18 heavy (non-hydrogen) atoms. The summed E-state index contributed by atoms with van der Waals surface area (Å²) in [6.07, 6.45) is 4.14. The van der Waals surface area contributed by atoms with E-state index in [1.54, 1.807) is 6.20 Å². The Morgan fingerprint density at radius 2 is 2.00 bits per heavy atom. The van der Waals surface area contributed by atoms with Gasteiger partial charge in [-0.1, -0.05) is 13.8 Å². The van der Waals surface area contributed by atoms with Crippen LogP contribution in [0.15, 0.2) is 10.7 Å². The quantitative estimate of drug-likeness (QED) is 0.801. The minimum Gasteiger partial charge on any atom is -0.367 e. The molecule has 4 nitrogen and oxygen atoms in total. The molecule has 0 saturated carbocycles. The third kappa shape index (κ3) is 5.21. The summed E-state index contributed by atoms with van der Waals surface area (Å²) in [4.78, 5) is 8.65. The molecule has 1 aromatic heterocycles. The molecule has 2 N–H and O–H groups in total. The maximum atomic E-state index is 4.45. The molecule has 1 aromatic rings. The lowest BCUT2D eigenvalue weighted by atomic mass is 10.0. The number of hydrogen-bond donors (Lipinski definition) is 2. The van der Waals surface area contributed by atoms with Crippen LogP contribution >= 0.6 is 15.9 Å². The van der Waals surface area contributed by atoms with Crippen LogP contribution in [0, 0.1) is 5.92 Å². The Labute approximate surface area is 118 Å². The van der Waals surface area contributed by atoms with Gasteiger partial charge in [-0.3, -0.25) is 0 Å². The molecular formula is C13H23BrN4. The zero-order valence-corrected chi connectivity index (χ0v) is 13.2. The standard InChI is InChI=1S/C13H23BrN4/c1-5-15-13-16-8-11(14)12(18-13)17-10(4)7-6-9(2)3/h8-10H,5-7H2,1-4H3,(H2,15,16,17,18). The fraction of sp³-hybridized carbons (Fsp3) is 0.692. The average Bonchev–Trinajstić information content (AvgIpc) is 2.31. The highest BCUT2D eigenvalue weighted by Crippen LogP contribution is 2.22. The molecular weight excluding hydrogens is 292 g/mol. The molecule has 0 saturated heterocycles. The molecule has 0 radical (unpaired) electrons. The van der Waals surface area contributed by atoms with Crippen molar-refractivity contribution in [1.29, 1.82) is 0 Å². The number of nitrogens with one attached hydrogen (secondary N) is 2. The Balaban J connectivity index is 2.61. The largest absolute Gasteiger partial charge is 0.367 e. The maximum absolute atomic E-state index is 4.45. The summed E-state index contributed by atoms with van der Waals surface area (Å²) in [6, 6.07) is 0.410. The molecule has 1 heterocycles. The van der Waals surface area contributed by atoms with E-state index in [4.69, 9.17) is 0 Å². The van der Waals surface area contributed by atoms with E-state index in [0.29, 0.717) is 12.0 Å². The SMILES string of the molecule is CCNc1ncc(Br)c(NC(C)CCC(C)C)n1. The molecule has 0 amide bonds. The topological polar surface area (TPSA) is 49.8 Å². The van der Waals surface area contributed by atoms with Gasteiger partial charge in [0.25, 0.3) is 0 Å². The van der Waals surface area contributed by atoms with Crippen LogP contribution in [0.5, 0.6) is 0 Å². The molecule has 5 heteroatoms. The normalized spacial score (nSPS) is 12.6. The smallest absolute Gasteiger partial charge is 0.224 e. The Morgan fingerprint density at radius 1 is 1.28 bits per heavy atom. The highest BCUT2D eigenvalue weighted by Gasteiger charge is 2.09. The first-order chi connectivity index (χ1) is 8.52. The lowest BCUT2D eigenvalue weighted by molar-refractivity contribution is 0.527. The van der Waals surface area contributed by atoms with E-state index in [9.17, 15) is 0 Å². The Kier molecular flexibility index (Phi) is 6.39. The number of hydrogen-bond acceptors (Lipinski definition) is 4. The number of anilines is 2. The monoisotopic (exact) mass is 314 g/mol. The molecule has 0 aliphatic carbocycles. The summed E-state index contributed by atoms with van der Waals surface area (Å²) in [5, 5.41) is 6.54. The van der Waals surface area contributed by atoms with Crippen LogP contribution in [-0.2, 0) is 0 Å². The molecule has 0 spiro atoms. The summed E-state index contributed by atoms with van der Waals surface area (Å²) in [7, 11) is 0. The third-order valence-electron chi connectivity index (χ3n) is 2.64. The van der Waals surface area contributed by atoms with Gasteiger partial charge < -0.3 is 10.6 Å². The number of nitrogens with zero attached hydrogens (tertiary/aromatic N) is 2. The number of rotatable bonds is 7. The second-order valence-corrected chi connectivity index (χ2v) is 5.79. The van der Waals surface area contributed by atoms with E-state index in [1.165, 1.54) is 6.42 Å². The Bertz CT molecular complexity index is 368. The Hall–Kier alpha value is -0.840. The molecule has 1 unspecified atom stereocenters. The summed E-state index contributed by atoms with van der Waals surface area (Å²) < 4.78 is 0.903. The van der Waals surface area contributed by atoms with Gasteiger partial charge in [0.15, 0.2) is 0 Å². The van der Waals surface area contributed by atoms with Crippen molar-refractivity contribution >= 4 is 27.7 Å². The third-order valence-corrected chi connectivity index (χ3v) is 3.22. The van der Waals surface area contributed by atoms with E-state index in [0.717, 1.165) is 29.2 Å². The summed E-state index contributed by atoms with van der Waals surface area (Å²) in [5.74, 6) is 2.26. The van der Waals surface area contributed by atoms with Crippen LogP contribution in [0.3, 0.4) is 0 Å². The van der Waals surface area contributed by atoms with Gasteiger partial charge in [-0.15, -0.1) is 0 Å². The second-order valence-electron chi connectivity index (χ2n) is 4.94. The van der Waals surface area contributed by atoms with Crippen molar-refractivity contribution in [3.8, 4) is 0 Å². The van der Waals surface area contributed by atoms with Crippen molar-refractivity contribution in [2.24, 2.45) is 5.92 Å². The van der Waals surface area contributed by atoms with Crippen LogP contribution in [0.25, 0.3) is 0 Å². The first kappa shape index (κ1) is 15.2. The van der Waals surface area contributed by atoms with Gasteiger partial charge in [-0.25, -0.2) is 4.98 Å². The molecule has 1 rings (SSSR count). The fourth-order valence-corrected chi connectivity index (χ4v) is 1.91. The van der Waals surface area contributed by atoms with Crippen LogP contribution < -0.4 is 10.6 Å². The van der Waals surface area contributed by atoms with Gasteiger partial charge >= 0.3 is 0 Å². The first-order valence-corrected chi connectivity index (χ1v) is 7.35. The average molecular weight is 315 g/mol. The molecule has 102 valence electrons. The molecule has 1 atom stereocenters. The summed E-state index contributed by atoms with van der Waals surface area (Å²) in [5.41, 5.74) is 0. The van der Waals surface area contributed by atoms with E-state index in [2.05, 4.69) is 57.3 Å². The molecule has 0 aliphatic rings. The van der Waals surface area contributed by atoms with Crippen molar-refractivity contribution in [2.75, 3.05) is 17.2 Å². The predicted octanol–water partition coefficient (Wildman–Crippen LogP) is 3.91. The zero-order chi connectivity index (χ0) is 13.5. The van der Waals surface area contributed by atoms with Crippen LogP contribution in [-0.4, -0.2) is 22.6 Å². The molecule has 0 aromatic carbocycles. The van der Waals surface area contributed by atoms with Crippen LogP contribution in [0.2, 0.25) is 0 Å². The maximum Gasteiger partial charge on any atom is 0.224 e. The second kappa shape index (κ2) is 7.56. The van der Waals surface area contributed by atoms with Crippen molar-refractivity contribution in [2.45, 2.75) is 46.6 Å². The highest BCUT2D eigenvalue weighted by molar-refractivity contribution is 9.10. The minimum absolute atomic E-state index is 0.410. The van der Waals surface area contributed by atoms with Gasteiger partial charge in [0.2, 0.25) is 5.95 Å². The van der Waals surface area contributed by atoms with Crippen molar-refractivity contribution < 1.29 is 0 Å². The minimum atomic E-state index is 0.410. The van der Waals surface area contributed by atoms with E-state index >= 15 is 0 Å². The Morgan fingerprint density at radius 3 is 2.61 bits per heavy atom. The highest BCUT2D eigenvalue weighted by atomic mass is 79.9. The summed E-state index contributed by atoms with van der Waals surface area (Å²) >= 11 is 3.47. The lowest BCUT2D eigenvalue weighted by Gasteiger charge is -2.17. The van der Waals surface area contributed by atoms with Gasteiger partial charge in [0.05, 0.1) is 4.47 Å². The van der Waals surface area contributed by atoms with Gasteiger partial charge in [-0.05, 0) is 48.5 Å². The molecule has 0 fully saturated rings. The fourth-order valence-electron chi connectivity index (χ4n) is 1.60. The molecule has 0 bridgehead atoms. The summed E-state index contributed by atoms with van der Waals surface area (Å²) in [6.45, 7) is 9.53. The van der Waals surface area contributed by atoms with E-state index in [-0.39, 0.29) is 0 Å².